The van der Waals surface area contributed by atoms with Gasteiger partial charge in [0.05, 0.1) is 5.57 Å². The van der Waals surface area contributed by atoms with Crippen LogP contribution in [0.2, 0.25) is 0 Å². The average Bonchev–Trinajstić information content (AvgIpc) is 2.84. The SMILES string of the molecule is CC(=O)/C=C1/[C@@]2(C)C=C(C#N)C(=O)C(C)(C)[C@@H]2CC[C@@]1(C)[C@@]1(C)CCCC(C)(C)CC[C@](C)(NS(=O)(=O)CC(F)(F)F)CC1. The molecule has 2 saturated carbocycles. The van der Waals surface area contributed by atoms with Gasteiger partial charge in [0.1, 0.15) is 6.07 Å². The Morgan fingerprint density at radius 1 is 1.00 bits per heavy atom. The molecule has 5 atom stereocenters. The van der Waals surface area contributed by atoms with Crippen LogP contribution in [0, 0.1) is 44.3 Å². The van der Waals surface area contributed by atoms with E-state index in [1.165, 1.54) is 6.92 Å². The molecule has 0 saturated heterocycles. The average molecular weight is 641 g/mol. The van der Waals surface area contributed by atoms with E-state index in [4.69, 9.17) is 0 Å². The molecule has 0 aromatic heterocycles. The first-order chi connectivity index (χ1) is 19.7. The van der Waals surface area contributed by atoms with Gasteiger partial charge in [-0.25, -0.2) is 13.1 Å². The molecule has 44 heavy (non-hydrogen) atoms. The maximum absolute atomic E-state index is 13.3. The van der Waals surface area contributed by atoms with Crippen LogP contribution in [0.5, 0.6) is 0 Å². The van der Waals surface area contributed by atoms with Crippen LogP contribution in [0.15, 0.2) is 23.3 Å². The van der Waals surface area contributed by atoms with Crippen molar-refractivity contribution in [2.24, 2.45) is 33.0 Å². The van der Waals surface area contributed by atoms with Gasteiger partial charge in [-0.15, -0.1) is 0 Å². The molecule has 0 amide bonds. The van der Waals surface area contributed by atoms with E-state index in [9.17, 15) is 36.4 Å². The maximum Gasteiger partial charge on any atom is 0.404 e. The smallest absolute Gasteiger partial charge is 0.295 e. The van der Waals surface area contributed by atoms with Crippen molar-refractivity contribution in [3.05, 3.63) is 23.3 Å². The van der Waals surface area contributed by atoms with Crippen molar-refractivity contribution < 1.29 is 31.2 Å². The molecule has 0 bridgehead atoms. The molecular weight excluding hydrogens is 589 g/mol. The van der Waals surface area contributed by atoms with E-state index in [1.807, 2.05) is 20.8 Å². The molecule has 0 aliphatic heterocycles. The first kappa shape index (κ1) is 36.5. The molecule has 0 aromatic carbocycles. The zero-order valence-electron chi connectivity index (χ0n) is 27.9. The van der Waals surface area contributed by atoms with Gasteiger partial charge in [-0.3, -0.25) is 9.59 Å². The summed E-state index contributed by atoms with van der Waals surface area (Å²) >= 11 is 0. The summed E-state index contributed by atoms with van der Waals surface area (Å²) in [6.07, 6.45) is 4.37. The van der Waals surface area contributed by atoms with Crippen molar-refractivity contribution in [1.82, 2.24) is 4.72 Å². The second-order valence-electron chi connectivity index (χ2n) is 16.2. The summed E-state index contributed by atoms with van der Waals surface area (Å²) in [5.74, 6) is -2.40. The second-order valence-corrected chi connectivity index (χ2v) is 17.9. The Labute approximate surface area is 262 Å². The summed E-state index contributed by atoms with van der Waals surface area (Å²) in [6.45, 7) is 17.5. The Balaban J connectivity index is 2.17. The Bertz CT molecular complexity index is 1390. The van der Waals surface area contributed by atoms with E-state index in [0.29, 0.717) is 38.5 Å². The number of rotatable bonds is 5. The highest BCUT2D eigenvalue weighted by atomic mass is 32.2. The monoisotopic (exact) mass is 640 g/mol. The van der Waals surface area contributed by atoms with Gasteiger partial charge in [0.25, 0.3) is 0 Å². The van der Waals surface area contributed by atoms with Gasteiger partial charge in [0.2, 0.25) is 10.0 Å². The molecule has 1 N–H and O–H groups in total. The van der Waals surface area contributed by atoms with Gasteiger partial charge in [0.15, 0.2) is 17.3 Å². The maximum atomic E-state index is 13.3. The molecule has 0 aromatic rings. The number of ketones is 2. The van der Waals surface area contributed by atoms with Crippen molar-refractivity contribution in [3.8, 4) is 6.07 Å². The van der Waals surface area contributed by atoms with E-state index in [2.05, 4.69) is 38.5 Å². The van der Waals surface area contributed by atoms with Crippen LogP contribution >= 0.6 is 0 Å². The molecule has 0 heterocycles. The number of Topliss-reactive ketones (excluding diaryl/α,β-unsaturated/α-hetero) is 1. The Hall–Kier alpha value is -1.99. The molecule has 3 aliphatic carbocycles. The van der Waals surface area contributed by atoms with Gasteiger partial charge >= 0.3 is 6.18 Å². The fraction of sp³-hybridized carbons (Fsp3) is 0.794. The Kier molecular flexibility index (Phi) is 9.67. The Morgan fingerprint density at radius 3 is 2.14 bits per heavy atom. The van der Waals surface area contributed by atoms with Gasteiger partial charge in [-0.2, -0.15) is 18.4 Å². The number of allylic oxidation sites excluding steroid dienone is 4. The first-order valence-corrected chi connectivity index (χ1v) is 17.4. The zero-order chi connectivity index (χ0) is 33.8. The number of carbonyl (C=O) groups excluding carboxylic acids is 2. The lowest BCUT2D eigenvalue weighted by Crippen LogP contribution is -2.57. The van der Waals surface area contributed by atoms with E-state index < -0.39 is 49.2 Å². The molecule has 248 valence electrons. The standard InChI is InChI=1S/C34H51F3N2O4S/c1-23(40)19-26-32(8)20-24(21-38)27(41)29(4,5)25(32)11-14-33(26,9)30(6)13-10-12-28(2,3)15-17-31(7,18-16-30)39-44(42,43)22-34(35,36)37/h19-20,25,39H,10-18,22H2,1-9H3/b26-19-/t25-,30-,31-,32-,33+/m0/s1. The fourth-order valence-corrected chi connectivity index (χ4v) is 10.3. The van der Waals surface area contributed by atoms with Crippen LogP contribution in [0.3, 0.4) is 0 Å². The van der Waals surface area contributed by atoms with Crippen LogP contribution in [0.1, 0.15) is 120 Å². The third-order valence-electron chi connectivity index (χ3n) is 11.7. The number of nitrogens with one attached hydrogen (secondary N) is 1. The number of nitriles is 1. The van der Waals surface area contributed by atoms with Gasteiger partial charge in [-0.1, -0.05) is 66.5 Å². The zero-order valence-corrected chi connectivity index (χ0v) is 28.7. The van der Waals surface area contributed by atoms with E-state index in [1.54, 1.807) is 19.1 Å². The molecule has 6 nitrogen and oxygen atoms in total. The third kappa shape index (κ3) is 7.19. The number of fused-ring (bicyclic) bond motifs is 1. The summed E-state index contributed by atoms with van der Waals surface area (Å²) in [4.78, 5) is 26.2. The normalized spacial score (nSPS) is 37.4. The van der Waals surface area contributed by atoms with Gasteiger partial charge in [0, 0.05) is 16.4 Å². The third-order valence-corrected chi connectivity index (χ3v) is 13.2. The molecule has 3 rings (SSSR count). The number of halogens is 3. The van der Waals surface area contributed by atoms with E-state index >= 15 is 0 Å². The number of carbonyl (C=O) groups is 2. The van der Waals surface area contributed by atoms with Crippen molar-refractivity contribution in [1.29, 1.82) is 5.26 Å². The predicted molar refractivity (Wildman–Crippen MR) is 166 cm³/mol. The van der Waals surface area contributed by atoms with Crippen LogP contribution < -0.4 is 4.72 Å². The minimum atomic E-state index is -4.86. The second kappa shape index (κ2) is 11.7. The van der Waals surface area contributed by atoms with E-state index in [0.717, 1.165) is 24.8 Å². The lowest BCUT2D eigenvalue weighted by atomic mass is 9.41. The van der Waals surface area contributed by atoms with Crippen LogP contribution in [0.25, 0.3) is 0 Å². The van der Waals surface area contributed by atoms with Gasteiger partial charge < -0.3 is 0 Å². The van der Waals surface area contributed by atoms with Crippen LogP contribution in [0.4, 0.5) is 13.2 Å². The lowest BCUT2D eigenvalue weighted by molar-refractivity contribution is -0.131. The molecule has 2 fully saturated rings. The van der Waals surface area contributed by atoms with E-state index in [-0.39, 0.29) is 28.5 Å². The molecule has 0 unspecified atom stereocenters. The van der Waals surface area contributed by atoms with Crippen molar-refractivity contribution in [2.75, 3.05) is 5.75 Å². The largest absolute Gasteiger partial charge is 0.404 e. The summed E-state index contributed by atoms with van der Waals surface area (Å²) in [7, 11) is -4.64. The first-order valence-electron chi connectivity index (χ1n) is 15.7. The molecule has 10 heteroatoms. The summed E-state index contributed by atoms with van der Waals surface area (Å²) in [5, 5.41) is 9.94. The quantitative estimate of drug-likeness (QED) is 0.307. The fourth-order valence-electron chi connectivity index (χ4n) is 8.82. The molecule has 0 radical (unpaired) electrons. The molecular formula is C34H51F3N2O4S. The van der Waals surface area contributed by atoms with Crippen molar-refractivity contribution in [2.45, 2.75) is 132 Å². The van der Waals surface area contributed by atoms with Gasteiger partial charge in [-0.05, 0) is 93.5 Å². The topological polar surface area (TPSA) is 104 Å². The summed E-state index contributed by atoms with van der Waals surface area (Å²) < 4.78 is 67.5. The number of hydrogen-bond acceptors (Lipinski definition) is 5. The number of alkyl halides is 3. The van der Waals surface area contributed by atoms with Crippen LogP contribution in [-0.2, 0) is 19.6 Å². The number of nitrogens with zero attached hydrogens (tertiary/aromatic N) is 1. The molecule has 0 spiro atoms. The minimum absolute atomic E-state index is 0.0944. The van der Waals surface area contributed by atoms with Crippen LogP contribution in [-0.4, -0.2) is 37.5 Å². The summed E-state index contributed by atoms with van der Waals surface area (Å²) in [5.41, 5.74) is -2.91. The predicted octanol–water partition coefficient (Wildman–Crippen LogP) is 8.00. The Morgan fingerprint density at radius 2 is 1.59 bits per heavy atom. The lowest BCUT2D eigenvalue weighted by Gasteiger charge is -2.62. The van der Waals surface area contributed by atoms with Crippen molar-refractivity contribution in [3.63, 3.8) is 0 Å². The highest BCUT2D eigenvalue weighted by molar-refractivity contribution is 7.89. The highest BCUT2D eigenvalue weighted by Gasteiger charge is 2.62. The molecule has 3 aliphatic rings. The number of hydrogen-bond donors (Lipinski definition) is 1. The van der Waals surface area contributed by atoms with Crippen molar-refractivity contribution >= 4 is 21.6 Å². The summed E-state index contributed by atoms with van der Waals surface area (Å²) in [6, 6.07) is 2.10. The minimum Gasteiger partial charge on any atom is -0.295 e. The number of sulfonamides is 1. The highest BCUT2D eigenvalue weighted by Crippen LogP contribution is 2.68.